The standard InChI is InChI=1S/C7H10N2O4/c1-4(10)13-6-3-5(11)9(6)7(12)8-2/h6H,3H2,1-2H3,(H,8,12). The fourth-order valence-corrected chi connectivity index (χ4v) is 1.04. The summed E-state index contributed by atoms with van der Waals surface area (Å²) in [7, 11) is 1.40. The molecular weight excluding hydrogens is 176 g/mol. The van der Waals surface area contributed by atoms with Gasteiger partial charge in [0.2, 0.25) is 5.91 Å². The number of amides is 3. The normalized spacial score (nSPS) is 20.6. The van der Waals surface area contributed by atoms with Gasteiger partial charge >= 0.3 is 12.0 Å². The van der Waals surface area contributed by atoms with Crippen LogP contribution < -0.4 is 5.32 Å². The molecule has 1 aliphatic rings. The molecule has 1 saturated heterocycles. The molecule has 0 saturated carbocycles. The van der Waals surface area contributed by atoms with Crippen LogP contribution in [0.15, 0.2) is 0 Å². The van der Waals surface area contributed by atoms with Crippen LogP contribution in [0.5, 0.6) is 0 Å². The van der Waals surface area contributed by atoms with Crippen molar-refractivity contribution in [1.29, 1.82) is 0 Å². The van der Waals surface area contributed by atoms with Crippen molar-refractivity contribution < 1.29 is 19.1 Å². The largest absolute Gasteiger partial charge is 0.441 e. The Kier molecular flexibility index (Phi) is 2.50. The Balaban J connectivity index is 2.56. The molecule has 0 aliphatic carbocycles. The summed E-state index contributed by atoms with van der Waals surface area (Å²) in [5, 5.41) is 2.28. The number of urea groups is 1. The van der Waals surface area contributed by atoms with Crippen LogP contribution in [0.25, 0.3) is 0 Å². The molecular formula is C7H10N2O4. The number of ether oxygens (including phenoxy) is 1. The molecule has 1 unspecified atom stereocenters. The van der Waals surface area contributed by atoms with Gasteiger partial charge in [-0.3, -0.25) is 9.59 Å². The van der Waals surface area contributed by atoms with Crippen molar-refractivity contribution in [2.45, 2.75) is 19.6 Å². The van der Waals surface area contributed by atoms with Crippen molar-refractivity contribution in [2.75, 3.05) is 7.05 Å². The number of carbonyl (C=O) groups excluding carboxylic acids is 3. The maximum absolute atomic E-state index is 11.0. The number of β-lactam (4-membered cyclic amide) rings is 1. The summed E-state index contributed by atoms with van der Waals surface area (Å²) in [5.74, 6) is -0.850. The summed E-state index contributed by atoms with van der Waals surface area (Å²) in [6.45, 7) is 1.23. The van der Waals surface area contributed by atoms with Crippen molar-refractivity contribution in [2.24, 2.45) is 0 Å². The molecule has 0 aromatic rings. The molecule has 72 valence electrons. The quantitative estimate of drug-likeness (QED) is 0.440. The molecule has 6 heteroatoms. The lowest BCUT2D eigenvalue weighted by atomic mass is 10.2. The number of hydrogen-bond donors (Lipinski definition) is 1. The monoisotopic (exact) mass is 186 g/mol. The minimum absolute atomic E-state index is 0.0764. The van der Waals surface area contributed by atoms with E-state index in [0.717, 1.165) is 4.90 Å². The molecule has 0 radical (unpaired) electrons. The zero-order valence-corrected chi connectivity index (χ0v) is 7.36. The molecule has 1 aliphatic heterocycles. The first-order chi connectivity index (χ1) is 6.06. The van der Waals surface area contributed by atoms with Crippen molar-refractivity contribution in [1.82, 2.24) is 10.2 Å². The van der Waals surface area contributed by atoms with Crippen LogP contribution in [0.1, 0.15) is 13.3 Å². The smallest absolute Gasteiger partial charge is 0.326 e. The third kappa shape index (κ3) is 1.77. The highest BCUT2D eigenvalue weighted by Crippen LogP contribution is 2.20. The second-order valence-corrected chi connectivity index (χ2v) is 2.59. The first-order valence-electron chi connectivity index (χ1n) is 3.77. The summed E-state index contributed by atoms with van der Waals surface area (Å²) in [6.07, 6.45) is -0.655. The van der Waals surface area contributed by atoms with Crippen molar-refractivity contribution in [3.8, 4) is 0 Å². The van der Waals surface area contributed by atoms with E-state index in [1.807, 2.05) is 0 Å². The van der Waals surface area contributed by atoms with Crippen LogP contribution in [0, 0.1) is 0 Å². The molecule has 0 bridgehead atoms. The molecule has 6 nitrogen and oxygen atoms in total. The maximum Gasteiger partial charge on any atom is 0.326 e. The third-order valence-electron chi connectivity index (χ3n) is 1.64. The van der Waals surface area contributed by atoms with Gasteiger partial charge < -0.3 is 10.1 Å². The Morgan fingerprint density at radius 3 is 2.62 bits per heavy atom. The molecule has 1 atom stereocenters. The van der Waals surface area contributed by atoms with E-state index >= 15 is 0 Å². The van der Waals surface area contributed by atoms with Gasteiger partial charge in [-0.05, 0) is 0 Å². The average molecular weight is 186 g/mol. The Hall–Kier alpha value is -1.59. The molecule has 1 heterocycles. The molecule has 0 spiro atoms. The van der Waals surface area contributed by atoms with E-state index < -0.39 is 18.2 Å². The second-order valence-electron chi connectivity index (χ2n) is 2.59. The van der Waals surface area contributed by atoms with E-state index in [4.69, 9.17) is 4.74 Å². The molecule has 0 aromatic carbocycles. The number of nitrogens with zero attached hydrogens (tertiary/aromatic N) is 1. The highest BCUT2D eigenvalue weighted by Gasteiger charge is 2.42. The van der Waals surface area contributed by atoms with Gasteiger partial charge in [-0.25, -0.2) is 9.69 Å². The van der Waals surface area contributed by atoms with Crippen molar-refractivity contribution in [3.05, 3.63) is 0 Å². The van der Waals surface area contributed by atoms with Crippen LogP contribution in [-0.2, 0) is 14.3 Å². The van der Waals surface area contributed by atoms with Crippen LogP contribution >= 0.6 is 0 Å². The van der Waals surface area contributed by atoms with Gasteiger partial charge in [0, 0.05) is 14.0 Å². The van der Waals surface area contributed by atoms with Crippen molar-refractivity contribution in [3.63, 3.8) is 0 Å². The van der Waals surface area contributed by atoms with E-state index in [-0.39, 0.29) is 12.3 Å². The number of nitrogens with one attached hydrogen (secondary N) is 1. The van der Waals surface area contributed by atoms with E-state index in [2.05, 4.69) is 5.32 Å². The Bertz CT molecular complexity index is 263. The van der Waals surface area contributed by atoms with Gasteiger partial charge in [0.15, 0.2) is 6.23 Å². The lowest BCUT2D eigenvalue weighted by Crippen LogP contribution is -2.59. The summed E-state index contributed by atoms with van der Waals surface area (Å²) < 4.78 is 4.70. The van der Waals surface area contributed by atoms with Crippen LogP contribution in [0.4, 0.5) is 4.79 Å². The van der Waals surface area contributed by atoms with Crippen LogP contribution in [0.3, 0.4) is 0 Å². The first-order valence-corrected chi connectivity index (χ1v) is 3.77. The molecule has 0 aromatic heterocycles. The van der Waals surface area contributed by atoms with Gasteiger partial charge in [-0.1, -0.05) is 0 Å². The van der Waals surface area contributed by atoms with Crippen LogP contribution in [-0.4, -0.2) is 36.1 Å². The molecule has 1 fully saturated rings. The van der Waals surface area contributed by atoms with Crippen LogP contribution in [0.2, 0.25) is 0 Å². The highest BCUT2D eigenvalue weighted by atomic mass is 16.6. The fourth-order valence-electron chi connectivity index (χ4n) is 1.04. The Morgan fingerprint density at radius 2 is 2.23 bits per heavy atom. The summed E-state index contributed by atoms with van der Waals surface area (Å²) >= 11 is 0. The summed E-state index contributed by atoms with van der Waals surface area (Å²) in [5.41, 5.74) is 0. The number of carbonyl (C=O) groups is 3. The Labute approximate surface area is 74.8 Å². The van der Waals surface area contributed by atoms with E-state index in [0.29, 0.717) is 0 Å². The van der Waals surface area contributed by atoms with Gasteiger partial charge in [-0.15, -0.1) is 0 Å². The molecule has 13 heavy (non-hydrogen) atoms. The second kappa shape index (κ2) is 3.42. The predicted octanol–water partition coefficient (Wildman–Crippen LogP) is -0.553. The first kappa shape index (κ1) is 9.50. The zero-order chi connectivity index (χ0) is 10.0. The minimum Gasteiger partial charge on any atom is -0.441 e. The van der Waals surface area contributed by atoms with Crippen molar-refractivity contribution >= 4 is 17.9 Å². The van der Waals surface area contributed by atoms with E-state index in [1.165, 1.54) is 14.0 Å². The molecule has 1 N–H and O–H groups in total. The fraction of sp³-hybridized carbons (Fsp3) is 0.571. The lowest BCUT2D eigenvalue weighted by Gasteiger charge is -2.36. The number of imide groups is 1. The number of rotatable bonds is 1. The number of likely N-dealkylation sites (tertiary alicyclic amines) is 1. The Morgan fingerprint density at radius 1 is 1.62 bits per heavy atom. The third-order valence-corrected chi connectivity index (χ3v) is 1.64. The zero-order valence-electron chi connectivity index (χ0n) is 7.36. The lowest BCUT2D eigenvalue weighted by molar-refractivity contribution is -0.174. The minimum atomic E-state index is -0.732. The maximum atomic E-state index is 11.0. The average Bonchev–Trinajstić information content (AvgIpc) is 2.02. The highest BCUT2D eigenvalue weighted by molar-refractivity contribution is 5.99. The van der Waals surface area contributed by atoms with Gasteiger partial charge in [-0.2, -0.15) is 0 Å². The predicted molar refractivity (Wildman–Crippen MR) is 41.5 cm³/mol. The SMILES string of the molecule is CNC(=O)N1C(=O)CC1OC(C)=O. The number of hydrogen-bond acceptors (Lipinski definition) is 4. The summed E-state index contributed by atoms with van der Waals surface area (Å²) in [4.78, 5) is 33.3. The summed E-state index contributed by atoms with van der Waals surface area (Å²) in [6, 6.07) is -0.553. The molecule has 3 amide bonds. The van der Waals surface area contributed by atoms with Gasteiger partial charge in [0.25, 0.3) is 0 Å². The van der Waals surface area contributed by atoms with Gasteiger partial charge in [0.1, 0.15) is 0 Å². The van der Waals surface area contributed by atoms with Gasteiger partial charge in [0.05, 0.1) is 6.42 Å². The van der Waals surface area contributed by atoms with E-state index in [9.17, 15) is 14.4 Å². The number of esters is 1. The molecule has 1 rings (SSSR count). The van der Waals surface area contributed by atoms with E-state index in [1.54, 1.807) is 0 Å². The topological polar surface area (TPSA) is 75.7 Å².